The number of anilines is 1. The maximum absolute atomic E-state index is 11.7. The molecule has 126 valence electrons. The molecule has 2 aromatic rings. The molecule has 1 saturated heterocycles. The highest BCUT2D eigenvalue weighted by Gasteiger charge is 2.29. The molecule has 0 spiro atoms. The highest BCUT2D eigenvalue weighted by atomic mass is 32.2. The lowest BCUT2D eigenvalue weighted by Crippen LogP contribution is -2.45. The molecular weight excluding hydrogens is 326 g/mol. The van der Waals surface area contributed by atoms with Crippen LogP contribution in [0.1, 0.15) is 5.56 Å². The molecule has 1 aromatic carbocycles. The standard InChI is InChI=1S/C16H19N5O2S/c1-12-3-5-13(6-4-12)24-16-14(21(22)23)15(17-11-18-16)20-9-7-19(2)8-10-20/h3-6,11H,7-10H2,1-2H3. The monoisotopic (exact) mass is 345 g/mol. The molecule has 2 heterocycles. The average molecular weight is 345 g/mol. The highest BCUT2D eigenvalue weighted by molar-refractivity contribution is 7.99. The minimum atomic E-state index is -0.371. The summed E-state index contributed by atoms with van der Waals surface area (Å²) in [7, 11) is 2.05. The Labute approximate surface area is 144 Å². The van der Waals surface area contributed by atoms with Crippen LogP contribution in [-0.2, 0) is 0 Å². The van der Waals surface area contributed by atoms with Crippen molar-refractivity contribution in [3.63, 3.8) is 0 Å². The maximum Gasteiger partial charge on any atom is 0.343 e. The summed E-state index contributed by atoms with van der Waals surface area (Å²) in [5.41, 5.74) is 1.14. The zero-order valence-electron chi connectivity index (χ0n) is 13.7. The van der Waals surface area contributed by atoms with Gasteiger partial charge in [0.1, 0.15) is 6.33 Å². The van der Waals surface area contributed by atoms with E-state index in [0.717, 1.165) is 36.6 Å². The van der Waals surface area contributed by atoms with Crippen molar-refractivity contribution in [2.24, 2.45) is 0 Å². The van der Waals surface area contributed by atoms with Gasteiger partial charge in [-0.3, -0.25) is 10.1 Å². The fourth-order valence-corrected chi connectivity index (χ4v) is 3.41. The van der Waals surface area contributed by atoms with Gasteiger partial charge < -0.3 is 9.80 Å². The minimum absolute atomic E-state index is 0.00683. The van der Waals surface area contributed by atoms with Crippen molar-refractivity contribution < 1.29 is 4.92 Å². The Bertz CT molecular complexity index is 730. The van der Waals surface area contributed by atoms with Gasteiger partial charge in [-0.15, -0.1) is 0 Å². The van der Waals surface area contributed by atoms with Crippen LogP contribution in [0.5, 0.6) is 0 Å². The molecule has 1 fully saturated rings. The molecule has 7 nitrogen and oxygen atoms in total. The van der Waals surface area contributed by atoms with Crippen molar-refractivity contribution in [2.45, 2.75) is 16.8 Å². The van der Waals surface area contributed by atoms with Gasteiger partial charge in [0.25, 0.3) is 0 Å². The number of nitrogens with zero attached hydrogens (tertiary/aromatic N) is 5. The molecule has 0 unspecified atom stereocenters. The molecule has 1 aliphatic rings. The molecule has 0 atom stereocenters. The van der Waals surface area contributed by atoms with Crippen molar-refractivity contribution in [3.8, 4) is 0 Å². The van der Waals surface area contributed by atoms with Crippen LogP contribution in [0.15, 0.2) is 40.5 Å². The van der Waals surface area contributed by atoms with Gasteiger partial charge in [0.05, 0.1) is 4.92 Å². The third-order valence-electron chi connectivity index (χ3n) is 3.99. The van der Waals surface area contributed by atoms with E-state index in [1.54, 1.807) is 0 Å². The van der Waals surface area contributed by atoms with Crippen molar-refractivity contribution >= 4 is 23.3 Å². The van der Waals surface area contributed by atoms with E-state index < -0.39 is 0 Å². The van der Waals surface area contributed by atoms with Gasteiger partial charge >= 0.3 is 5.69 Å². The zero-order valence-corrected chi connectivity index (χ0v) is 14.5. The van der Waals surface area contributed by atoms with Gasteiger partial charge in [-0.05, 0) is 26.1 Å². The number of rotatable bonds is 4. The number of likely N-dealkylation sites (N-methyl/N-ethyl adjacent to an activating group) is 1. The molecule has 0 aliphatic carbocycles. The van der Waals surface area contributed by atoms with Crippen LogP contribution in [0.25, 0.3) is 0 Å². The predicted molar refractivity (Wildman–Crippen MR) is 93.7 cm³/mol. The Morgan fingerprint density at radius 2 is 1.79 bits per heavy atom. The SMILES string of the molecule is Cc1ccc(Sc2ncnc(N3CCN(C)CC3)c2[N+](=O)[O-])cc1. The number of aryl methyl sites for hydroxylation is 1. The van der Waals surface area contributed by atoms with Crippen molar-refractivity contribution in [1.82, 2.24) is 14.9 Å². The first-order valence-corrected chi connectivity index (χ1v) is 8.53. The Kier molecular flexibility index (Phi) is 4.96. The zero-order chi connectivity index (χ0) is 17.1. The van der Waals surface area contributed by atoms with E-state index in [9.17, 15) is 10.1 Å². The molecule has 0 bridgehead atoms. The Hall–Kier alpha value is -2.19. The lowest BCUT2D eigenvalue weighted by Gasteiger charge is -2.32. The van der Waals surface area contributed by atoms with Crippen LogP contribution in [-0.4, -0.2) is 53.0 Å². The van der Waals surface area contributed by atoms with E-state index in [-0.39, 0.29) is 10.6 Å². The van der Waals surface area contributed by atoms with Gasteiger partial charge in [-0.25, -0.2) is 9.97 Å². The van der Waals surface area contributed by atoms with Gasteiger partial charge in [-0.2, -0.15) is 0 Å². The summed E-state index contributed by atoms with van der Waals surface area (Å²) >= 11 is 1.30. The summed E-state index contributed by atoms with van der Waals surface area (Å²) in [6, 6.07) is 7.86. The molecule has 0 radical (unpaired) electrons. The van der Waals surface area contributed by atoms with Crippen LogP contribution in [0.4, 0.5) is 11.5 Å². The number of piperazine rings is 1. The largest absolute Gasteiger partial charge is 0.348 e. The predicted octanol–water partition coefficient (Wildman–Crippen LogP) is 2.60. The second kappa shape index (κ2) is 7.14. The first kappa shape index (κ1) is 16.7. The molecular formula is C16H19N5O2S. The van der Waals surface area contributed by atoms with Crippen LogP contribution in [0.3, 0.4) is 0 Å². The number of benzene rings is 1. The number of nitro groups is 1. The average Bonchev–Trinajstić information content (AvgIpc) is 2.57. The molecule has 0 N–H and O–H groups in total. The molecule has 3 rings (SSSR count). The van der Waals surface area contributed by atoms with E-state index >= 15 is 0 Å². The lowest BCUT2D eigenvalue weighted by molar-refractivity contribution is -0.387. The van der Waals surface area contributed by atoms with Crippen molar-refractivity contribution in [2.75, 3.05) is 38.1 Å². The molecule has 1 aromatic heterocycles. The summed E-state index contributed by atoms with van der Waals surface area (Å²) < 4.78 is 0. The number of hydrogen-bond donors (Lipinski definition) is 0. The molecule has 1 aliphatic heterocycles. The van der Waals surface area contributed by atoms with E-state index in [4.69, 9.17) is 0 Å². The quantitative estimate of drug-likeness (QED) is 0.479. The van der Waals surface area contributed by atoms with E-state index in [2.05, 4.69) is 14.9 Å². The van der Waals surface area contributed by atoms with Crippen LogP contribution in [0, 0.1) is 17.0 Å². The molecule has 0 saturated carbocycles. The third kappa shape index (κ3) is 3.65. The Balaban J connectivity index is 1.93. The molecule has 24 heavy (non-hydrogen) atoms. The van der Waals surface area contributed by atoms with Gasteiger partial charge in [0.15, 0.2) is 5.03 Å². The fourth-order valence-electron chi connectivity index (χ4n) is 2.56. The normalized spacial score (nSPS) is 15.5. The smallest absolute Gasteiger partial charge is 0.343 e. The summed E-state index contributed by atoms with van der Waals surface area (Å²) in [6.07, 6.45) is 1.41. The summed E-state index contributed by atoms with van der Waals surface area (Å²) in [6.45, 7) is 5.18. The van der Waals surface area contributed by atoms with Crippen LogP contribution >= 0.6 is 11.8 Å². The minimum Gasteiger partial charge on any atom is -0.348 e. The fraction of sp³-hybridized carbons (Fsp3) is 0.375. The summed E-state index contributed by atoms with van der Waals surface area (Å²) in [4.78, 5) is 24.8. The van der Waals surface area contributed by atoms with E-state index in [0.29, 0.717) is 10.8 Å². The van der Waals surface area contributed by atoms with Crippen molar-refractivity contribution in [3.05, 3.63) is 46.3 Å². The second-order valence-electron chi connectivity index (χ2n) is 5.81. The van der Waals surface area contributed by atoms with Crippen LogP contribution in [0.2, 0.25) is 0 Å². The number of aromatic nitrogens is 2. The van der Waals surface area contributed by atoms with Gasteiger partial charge in [0, 0.05) is 31.1 Å². The molecule has 8 heteroatoms. The van der Waals surface area contributed by atoms with Crippen LogP contribution < -0.4 is 4.90 Å². The van der Waals surface area contributed by atoms with Crippen molar-refractivity contribution in [1.29, 1.82) is 0 Å². The lowest BCUT2D eigenvalue weighted by atomic mass is 10.2. The number of hydrogen-bond acceptors (Lipinski definition) is 7. The summed E-state index contributed by atoms with van der Waals surface area (Å²) in [5.74, 6) is 0.415. The second-order valence-corrected chi connectivity index (χ2v) is 6.88. The topological polar surface area (TPSA) is 75.4 Å². The summed E-state index contributed by atoms with van der Waals surface area (Å²) in [5, 5.41) is 12.1. The maximum atomic E-state index is 11.7. The van der Waals surface area contributed by atoms with Gasteiger partial charge in [-0.1, -0.05) is 29.5 Å². The van der Waals surface area contributed by atoms with Gasteiger partial charge in [0.2, 0.25) is 5.82 Å². The molecule has 0 amide bonds. The Morgan fingerprint density at radius 1 is 1.12 bits per heavy atom. The third-order valence-corrected chi connectivity index (χ3v) is 4.99. The first-order chi connectivity index (χ1) is 11.5. The first-order valence-electron chi connectivity index (χ1n) is 7.72. The highest BCUT2D eigenvalue weighted by Crippen LogP contribution is 2.38. The van der Waals surface area contributed by atoms with E-state index in [1.807, 2.05) is 43.1 Å². The Morgan fingerprint density at radius 3 is 2.42 bits per heavy atom. The van der Waals surface area contributed by atoms with E-state index in [1.165, 1.54) is 18.1 Å².